The third-order valence-corrected chi connectivity index (χ3v) is 5.83. The Morgan fingerprint density at radius 3 is 2.19 bits per heavy atom. The Balaban J connectivity index is 1.48. The van der Waals surface area contributed by atoms with E-state index in [0.717, 1.165) is 36.5 Å². The molecule has 7 nitrogen and oxygen atoms in total. The molecule has 1 aliphatic carbocycles. The van der Waals surface area contributed by atoms with E-state index < -0.39 is 11.7 Å². The summed E-state index contributed by atoms with van der Waals surface area (Å²) in [4.78, 5) is 39.8. The number of carbonyl (C=O) groups is 3. The van der Waals surface area contributed by atoms with Crippen LogP contribution in [0.2, 0.25) is 0 Å². The maximum Gasteiger partial charge on any atom is 0.412 e. The van der Waals surface area contributed by atoms with Gasteiger partial charge in [-0.05, 0) is 69.4 Å². The molecule has 1 saturated carbocycles. The molecular formula is C25H31N3O4. The van der Waals surface area contributed by atoms with Crippen LogP contribution in [0.4, 0.5) is 10.5 Å². The van der Waals surface area contributed by atoms with Gasteiger partial charge >= 0.3 is 6.09 Å². The minimum Gasteiger partial charge on any atom is -0.444 e. The number of likely N-dealkylation sites (tertiary alicyclic amines) is 1. The largest absolute Gasteiger partial charge is 0.444 e. The van der Waals surface area contributed by atoms with Gasteiger partial charge < -0.3 is 15.0 Å². The normalized spacial score (nSPS) is 17.2. The minimum atomic E-state index is -0.644. The van der Waals surface area contributed by atoms with Gasteiger partial charge in [-0.1, -0.05) is 24.3 Å². The average Bonchev–Trinajstić information content (AvgIpc) is 3.57. The zero-order chi connectivity index (χ0) is 22.9. The van der Waals surface area contributed by atoms with E-state index in [0.29, 0.717) is 24.3 Å². The van der Waals surface area contributed by atoms with Crippen molar-refractivity contribution >= 4 is 34.4 Å². The van der Waals surface area contributed by atoms with Gasteiger partial charge in [0.15, 0.2) is 0 Å². The van der Waals surface area contributed by atoms with Gasteiger partial charge in [0.05, 0.1) is 11.3 Å². The lowest BCUT2D eigenvalue weighted by Gasteiger charge is -2.32. The van der Waals surface area contributed by atoms with Crippen LogP contribution < -0.4 is 10.6 Å². The summed E-state index contributed by atoms with van der Waals surface area (Å²) < 4.78 is 5.38. The number of rotatable bonds is 4. The van der Waals surface area contributed by atoms with E-state index in [4.69, 9.17) is 4.74 Å². The molecule has 7 heteroatoms. The summed E-state index contributed by atoms with van der Waals surface area (Å²) in [5, 5.41) is 7.67. The van der Waals surface area contributed by atoms with Crippen LogP contribution >= 0.6 is 0 Å². The Kier molecular flexibility index (Phi) is 6.09. The lowest BCUT2D eigenvalue weighted by molar-refractivity contribution is -0.133. The summed E-state index contributed by atoms with van der Waals surface area (Å²) in [5.41, 5.74) is 0.165. The molecule has 2 fully saturated rings. The van der Waals surface area contributed by atoms with Crippen LogP contribution in [0.5, 0.6) is 0 Å². The smallest absolute Gasteiger partial charge is 0.412 e. The average molecular weight is 438 g/mol. The summed E-state index contributed by atoms with van der Waals surface area (Å²) in [5.74, 6) is 0.238. The molecule has 32 heavy (non-hydrogen) atoms. The zero-order valence-corrected chi connectivity index (χ0v) is 18.9. The predicted octanol–water partition coefficient (Wildman–Crippen LogP) is 4.32. The van der Waals surface area contributed by atoms with Gasteiger partial charge in [0.1, 0.15) is 5.60 Å². The summed E-state index contributed by atoms with van der Waals surface area (Å²) >= 11 is 0. The first-order valence-corrected chi connectivity index (χ1v) is 11.3. The van der Waals surface area contributed by atoms with Crippen LogP contribution in [0, 0.1) is 5.92 Å². The molecule has 0 spiro atoms. The number of nitrogens with one attached hydrogen (secondary N) is 2. The van der Waals surface area contributed by atoms with Crippen LogP contribution in [0.3, 0.4) is 0 Å². The fourth-order valence-corrected chi connectivity index (χ4v) is 4.04. The number of benzene rings is 2. The molecule has 0 unspecified atom stereocenters. The number of piperidine rings is 1. The van der Waals surface area contributed by atoms with E-state index in [1.54, 1.807) is 32.9 Å². The first-order valence-electron chi connectivity index (χ1n) is 11.3. The predicted molar refractivity (Wildman–Crippen MR) is 124 cm³/mol. The lowest BCUT2D eigenvalue weighted by atomic mass is 10.0. The summed E-state index contributed by atoms with van der Waals surface area (Å²) in [6, 6.07) is 11.3. The SMILES string of the molecule is CC(C)(C)OC(=O)Nc1cc2ccccc2cc1C(=O)NC1CCN(C(=O)C2CC2)CC1. The second kappa shape index (κ2) is 8.81. The van der Waals surface area contributed by atoms with Crippen molar-refractivity contribution in [1.82, 2.24) is 10.2 Å². The van der Waals surface area contributed by atoms with Crippen molar-refractivity contribution in [2.45, 2.75) is 58.1 Å². The zero-order valence-electron chi connectivity index (χ0n) is 18.9. The number of nitrogens with zero attached hydrogens (tertiary/aromatic N) is 1. The molecule has 2 aliphatic rings. The van der Waals surface area contributed by atoms with Gasteiger partial charge in [0.2, 0.25) is 5.91 Å². The number of ether oxygens (including phenoxy) is 1. The number of fused-ring (bicyclic) bond motifs is 1. The Labute approximate surface area is 188 Å². The molecule has 1 aliphatic heterocycles. The van der Waals surface area contributed by atoms with Crippen LogP contribution in [0.1, 0.15) is 56.8 Å². The van der Waals surface area contributed by atoms with E-state index in [1.807, 2.05) is 29.2 Å². The van der Waals surface area contributed by atoms with Gasteiger partial charge in [0, 0.05) is 25.0 Å². The molecular weight excluding hydrogens is 406 g/mol. The van der Waals surface area contributed by atoms with E-state index in [1.165, 1.54) is 0 Å². The van der Waals surface area contributed by atoms with Crippen molar-refractivity contribution < 1.29 is 19.1 Å². The second-order valence-corrected chi connectivity index (χ2v) is 9.72. The molecule has 2 aromatic carbocycles. The molecule has 0 aromatic heterocycles. The van der Waals surface area contributed by atoms with Crippen molar-refractivity contribution in [3.8, 4) is 0 Å². The molecule has 0 bridgehead atoms. The van der Waals surface area contributed by atoms with Crippen molar-refractivity contribution in [3.05, 3.63) is 42.0 Å². The highest BCUT2D eigenvalue weighted by Gasteiger charge is 2.35. The highest BCUT2D eigenvalue weighted by atomic mass is 16.6. The molecule has 3 amide bonds. The fraction of sp³-hybridized carbons (Fsp3) is 0.480. The van der Waals surface area contributed by atoms with Crippen LogP contribution in [-0.2, 0) is 9.53 Å². The quantitative estimate of drug-likeness (QED) is 0.746. The molecule has 0 atom stereocenters. The van der Waals surface area contributed by atoms with Crippen molar-refractivity contribution in [2.24, 2.45) is 5.92 Å². The van der Waals surface area contributed by atoms with E-state index in [9.17, 15) is 14.4 Å². The topological polar surface area (TPSA) is 87.7 Å². The fourth-order valence-electron chi connectivity index (χ4n) is 4.04. The number of anilines is 1. The molecule has 0 radical (unpaired) electrons. The highest BCUT2D eigenvalue weighted by Crippen LogP contribution is 2.32. The monoisotopic (exact) mass is 437 g/mol. The van der Waals surface area contributed by atoms with Crippen LogP contribution in [-0.4, -0.2) is 47.5 Å². The number of hydrogen-bond acceptors (Lipinski definition) is 4. The minimum absolute atomic E-state index is 0.00778. The van der Waals surface area contributed by atoms with Crippen molar-refractivity contribution in [2.75, 3.05) is 18.4 Å². The lowest BCUT2D eigenvalue weighted by Crippen LogP contribution is -2.47. The van der Waals surface area contributed by atoms with Gasteiger partial charge in [-0.25, -0.2) is 4.79 Å². The molecule has 2 N–H and O–H groups in total. The van der Waals surface area contributed by atoms with Gasteiger partial charge in [0.25, 0.3) is 5.91 Å². The van der Waals surface area contributed by atoms with Crippen LogP contribution in [0.25, 0.3) is 10.8 Å². The summed E-state index contributed by atoms with van der Waals surface area (Å²) in [6.07, 6.45) is 2.86. The molecule has 4 rings (SSSR count). The van der Waals surface area contributed by atoms with Gasteiger partial charge in [-0.2, -0.15) is 0 Å². The Morgan fingerprint density at radius 1 is 0.969 bits per heavy atom. The van der Waals surface area contributed by atoms with Crippen molar-refractivity contribution in [1.29, 1.82) is 0 Å². The van der Waals surface area contributed by atoms with E-state index >= 15 is 0 Å². The van der Waals surface area contributed by atoms with E-state index in [-0.39, 0.29) is 23.8 Å². The van der Waals surface area contributed by atoms with Gasteiger partial charge in [-0.3, -0.25) is 14.9 Å². The second-order valence-electron chi connectivity index (χ2n) is 9.72. The molecule has 2 aromatic rings. The first kappa shape index (κ1) is 22.1. The third kappa shape index (κ3) is 5.39. The van der Waals surface area contributed by atoms with Crippen molar-refractivity contribution in [3.63, 3.8) is 0 Å². The molecule has 1 heterocycles. The Morgan fingerprint density at radius 2 is 1.59 bits per heavy atom. The standard InChI is InChI=1S/C25H31N3O4/c1-25(2,3)32-24(31)27-21-15-18-7-5-4-6-17(18)14-20(21)22(29)26-19-10-12-28(13-11-19)23(30)16-8-9-16/h4-7,14-16,19H,8-13H2,1-3H3,(H,26,29)(H,27,31). The number of hydrogen-bond donors (Lipinski definition) is 2. The summed E-state index contributed by atoms with van der Waals surface area (Å²) in [7, 11) is 0. The molecule has 170 valence electrons. The maximum absolute atomic E-state index is 13.2. The maximum atomic E-state index is 13.2. The van der Waals surface area contributed by atoms with Gasteiger partial charge in [-0.15, -0.1) is 0 Å². The Hall–Kier alpha value is -3.09. The number of carbonyl (C=O) groups excluding carboxylic acids is 3. The van der Waals surface area contributed by atoms with E-state index in [2.05, 4.69) is 10.6 Å². The molecule has 1 saturated heterocycles. The first-order chi connectivity index (χ1) is 15.2. The Bertz CT molecular complexity index is 1030. The number of amides is 3. The third-order valence-electron chi connectivity index (χ3n) is 5.83. The highest BCUT2D eigenvalue weighted by molar-refractivity contribution is 6.07. The van der Waals surface area contributed by atoms with Crippen LogP contribution in [0.15, 0.2) is 36.4 Å². The summed E-state index contributed by atoms with van der Waals surface area (Å²) in [6.45, 7) is 6.71.